The molecule has 4 rings (SSSR count). The number of halogens is 1. The van der Waals surface area contributed by atoms with Gasteiger partial charge in [-0.2, -0.15) is 5.10 Å². The molecule has 1 aromatic carbocycles. The van der Waals surface area contributed by atoms with Gasteiger partial charge in [-0.1, -0.05) is 11.6 Å². The van der Waals surface area contributed by atoms with Crippen LogP contribution in [0.25, 0.3) is 0 Å². The lowest BCUT2D eigenvalue weighted by atomic mass is 10.0. The Kier molecular flexibility index (Phi) is 4.43. The first-order valence-electron chi connectivity index (χ1n) is 8.61. The number of likely N-dealkylation sites (tertiary alicyclic amines) is 1. The van der Waals surface area contributed by atoms with Crippen LogP contribution >= 0.6 is 11.6 Å². The number of aromatic nitrogens is 2. The SMILES string of the molecule is Cc1c(C(=O)O)cnn1C1CCN(C(=O)c2cc(Cl)c3c(c2)OCO3)CC1. The summed E-state index contributed by atoms with van der Waals surface area (Å²) in [5.74, 6) is -0.146. The first-order chi connectivity index (χ1) is 13.0. The third-order valence-electron chi connectivity index (χ3n) is 5.05. The van der Waals surface area contributed by atoms with Crippen LogP contribution in [-0.2, 0) is 0 Å². The van der Waals surface area contributed by atoms with Crippen LogP contribution in [-0.4, -0.2) is 51.5 Å². The van der Waals surface area contributed by atoms with Gasteiger partial charge in [0.05, 0.1) is 23.0 Å². The average molecular weight is 392 g/mol. The fourth-order valence-electron chi connectivity index (χ4n) is 3.59. The van der Waals surface area contributed by atoms with Gasteiger partial charge in [0.15, 0.2) is 11.5 Å². The molecule has 0 saturated carbocycles. The number of carboxylic acid groups (broad SMARTS) is 1. The van der Waals surface area contributed by atoms with E-state index >= 15 is 0 Å². The van der Waals surface area contributed by atoms with Crippen molar-refractivity contribution in [1.82, 2.24) is 14.7 Å². The van der Waals surface area contributed by atoms with E-state index in [1.807, 2.05) is 0 Å². The van der Waals surface area contributed by atoms with Crippen LogP contribution in [0.15, 0.2) is 18.3 Å². The normalized spacial score (nSPS) is 16.6. The van der Waals surface area contributed by atoms with Crippen LogP contribution < -0.4 is 9.47 Å². The van der Waals surface area contributed by atoms with E-state index in [1.165, 1.54) is 6.20 Å². The second-order valence-electron chi connectivity index (χ2n) is 6.61. The molecule has 0 spiro atoms. The number of piperidine rings is 1. The maximum Gasteiger partial charge on any atom is 0.339 e. The number of amides is 1. The summed E-state index contributed by atoms with van der Waals surface area (Å²) >= 11 is 6.17. The van der Waals surface area contributed by atoms with Gasteiger partial charge in [-0.15, -0.1) is 0 Å². The molecule has 27 heavy (non-hydrogen) atoms. The maximum absolute atomic E-state index is 12.8. The predicted molar refractivity (Wildman–Crippen MR) is 95.7 cm³/mol. The first-order valence-corrected chi connectivity index (χ1v) is 8.99. The largest absolute Gasteiger partial charge is 0.478 e. The minimum absolute atomic E-state index is 0.0718. The lowest BCUT2D eigenvalue weighted by molar-refractivity contribution is 0.0687. The number of rotatable bonds is 3. The van der Waals surface area contributed by atoms with Crippen molar-refractivity contribution in [2.24, 2.45) is 0 Å². The van der Waals surface area contributed by atoms with Crippen LogP contribution in [0.2, 0.25) is 5.02 Å². The minimum atomic E-state index is -0.981. The standard InChI is InChI=1S/C18H18ClN3O5/c1-10-13(18(24)25)8-20-22(10)12-2-4-21(5-3-12)17(23)11-6-14(19)16-15(7-11)26-9-27-16/h6-8,12H,2-5,9H2,1H3,(H,24,25). The molecule has 142 valence electrons. The van der Waals surface area contributed by atoms with Crippen LogP contribution in [0.4, 0.5) is 0 Å². The molecule has 2 aliphatic rings. The number of aromatic carboxylic acids is 1. The van der Waals surface area contributed by atoms with Crippen LogP contribution in [0.3, 0.4) is 0 Å². The zero-order valence-corrected chi connectivity index (χ0v) is 15.4. The summed E-state index contributed by atoms with van der Waals surface area (Å²) in [6.45, 7) is 2.96. The second-order valence-corrected chi connectivity index (χ2v) is 7.02. The second kappa shape index (κ2) is 6.77. The van der Waals surface area contributed by atoms with E-state index in [9.17, 15) is 14.7 Å². The molecule has 9 heteroatoms. The van der Waals surface area contributed by atoms with Gasteiger partial charge in [0.1, 0.15) is 5.56 Å². The minimum Gasteiger partial charge on any atom is -0.478 e. The molecule has 0 radical (unpaired) electrons. The number of nitrogens with zero attached hydrogens (tertiary/aromatic N) is 3. The number of carbonyl (C=O) groups excluding carboxylic acids is 1. The Hall–Kier alpha value is -2.74. The smallest absolute Gasteiger partial charge is 0.339 e. The molecule has 1 fully saturated rings. The third kappa shape index (κ3) is 3.10. The van der Waals surface area contributed by atoms with E-state index in [1.54, 1.807) is 28.6 Å². The van der Waals surface area contributed by atoms with Crippen molar-refractivity contribution in [2.75, 3.05) is 19.9 Å². The Bertz CT molecular complexity index is 918. The quantitative estimate of drug-likeness (QED) is 0.864. The van der Waals surface area contributed by atoms with E-state index in [2.05, 4.69) is 5.10 Å². The van der Waals surface area contributed by atoms with Crippen molar-refractivity contribution in [3.05, 3.63) is 40.2 Å². The van der Waals surface area contributed by atoms with Gasteiger partial charge in [0.2, 0.25) is 6.79 Å². The first kappa shape index (κ1) is 17.7. The Morgan fingerprint density at radius 1 is 1.26 bits per heavy atom. The number of ether oxygens (including phenoxy) is 2. The maximum atomic E-state index is 12.8. The van der Waals surface area contributed by atoms with Gasteiger partial charge in [-0.3, -0.25) is 9.48 Å². The van der Waals surface area contributed by atoms with Crippen molar-refractivity contribution in [1.29, 1.82) is 0 Å². The van der Waals surface area contributed by atoms with Gasteiger partial charge in [-0.25, -0.2) is 4.79 Å². The molecule has 1 saturated heterocycles. The van der Waals surface area contributed by atoms with Crippen LogP contribution in [0, 0.1) is 6.92 Å². The van der Waals surface area contributed by atoms with Crippen molar-refractivity contribution >= 4 is 23.5 Å². The summed E-state index contributed by atoms with van der Waals surface area (Å²) in [5.41, 5.74) is 1.31. The Morgan fingerprint density at radius 2 is 2.00 bits per heavy atom. The molecule has 0 unspecified atom stereocenters. The van der Waals surface area contributed by atoms with Crippen LogP contribution in [0.5, 0.6) is 11.5 Å². The zero-order chi connectivity index (χ0) is 19.1. The summed E-state index contributed by atoms with van der Waals surface area (Å²) in [6, 6.07) is 3.32. The van der Waals surface area contributed by atoms with E-state index in [0.29, 0.717) is 53.7 Å². The average Bonchev–Trinajstić information content (AvgIpc) is 3.28. The van der Waals surface area contributed by atoms with Gasteiger partial charge < -0.3 is 19.5 Å². The number of benzene rings is 1. The van der Waals surface area contributed by atoms with E-state index in [0.717, 1.165) is 0 Å². The predicted octanol–water partition coefficient (Wildman–Crippen LogP) is 2.75. The summed E-state index contributed by atoms with van der Waals surface area (Å²) in [7, 11) is 0. The summed E-state index contributed by atoms with van der Waals surface area (Å²) < 4.78 is 12.4. The van der Waals surface area contributed by atoms with Gasteiger partial charge in [0.25, 0.3) is 5.91 Å². The van der Waals surface area contributed by atoms with Gasteiger partial charge in [-0.05, 0) is 31.9 Å². The summed E-state index contributed by atoms with van der Waals surface area (Å²) in [6.07, 6.45) is 2.78. The number of hydrogen-bond donors (Lipinski definition) is 1. The molecular weight excluding hydrogens is 374 g/mol. The molecule has 2 aromatic rings. The van der Waals surface area contributed by atoms with Crippen molar-refractivity contribution in [3.63, 3.8) is 0 Å². The Labute approximate surface area is 160 Å². The topological polar surface area (TPSA) is 93.9 Å². The van der Waals surface area contributed by atoms with Crippen molar-refractivity contribution in [2.45, 2.75) is 25.8 Å². The molecule has 0 atom stereocenters. The fourth-order valence-corrected chi connectivity index (χ4v) is 3.85. The third-order valence-corrected chi connectivity index (χ3v) is 5.33. The van der Waals surface area contributed by atoms with Crippen molar-refractivity contribution in [3.8, 4) is 11.5 Å². The molecule has 0 aliphatic carbocycles. The van der Waals surface area contributed by atoms with E-state index < -0.39 is 5.97 Å². The number of carboxylic acids is 1. The van der Waals surface area contributed by atoms with Gasteiger partial charge in [0, 0.05) is 18.7 Å². The monoisotopic (exact) mass is 391 g/mol. The Morgan fingerprint density at radius 3 is 2.67 bits per heavy atom. The Balaban J connectivity index is 1.46. The lowest BCUT2D eigenvalue weighted by Gasteiger charge is -2.32. The number of fused-ring (bicyclic) bond motifs is 1. The molecule has 8 nitrogen and oxygen atoms in total. The van der Waals surface area contributed by atoms with E-state index in [4.69, 9.17) is 21.1 Å². The number of hydrogen-bond acceptors (Lipinski definition) is 5. The lowest BCUT2D eigenvalue weighted by Crippen LogP contribution is -2.39. The molecule has 0 bridgehead atoms. The van der Waals surface area contributed by atoms with E-state index in [-0.39, 0.29) is 24.3 Å². The van der Waals surface area contributed by atoms with Gasteiger partial charge >= 0.3 is 5.97 Å². The zero-order valence-electron chi connectivity index (χ0n) is 14.6. The van der Waals surface area contributed by atoms with Crippen molar-refractivity contribution < 1.29 is 24.2 Å². The molecule has 3 heterocycles. The molecular formula is C18H18ClN3O5. The number of carbonyl (C=O) groups is 2. The van der Waals surface area contributed by atoms with Crippen LogP contribution in [0.1, 0.15) is 45.3 Å². The highest BCUT2D eigenvalue weighted by Crippen LogP contribution is 2.40. The highest BCUT2D eigenvalue weighted by atomic mass is 35.5. The highest BCUT2D eigenvalue weighted by molar-refractivity contribution is 6.32. The fraction of sp³-hybridized carbons (Fsp3) is 0.389. The molecule has 1 amide bonds. The highest BCUT2D eigenvalue weighted by Gasteiger charge is 2.28. The molecule has 1 N–H and O–H groups in total. The molecule has 1 aromatic heterocycles. The summed E-state index contributed by atoms with van der Waals surface area (Å²) in [4.78, 5) is 25.8. The molecule has 2 aliphatic heterocycles. The summed E-state index contributed by atoms with van der Waals surface area (Å²) in [5, 5.41) is 13.8.